The molecule has 0 aliphatic carbocycles. The van der Waals surface area contributed by atoms with E-state index in [4.69, 9.17) is 0 Å². The molecule has 0 fully saturated rings. The predicted molar refractivity (Wildman–Crippen MR) is 96.3 cm³/mol. The van der Waals surface area contributed by atoms with Gasteiger partial charge < -0.3 is 0 Å². The molecule has 0 bridgehead atoms. The lowest BCUT2D eigenvalue weighted by Gasteiger charge is -2.15. The monoisotopic (exact) mass is 325 g/mol. The van der Waals surface area contributed by atoms with Crippen LogP contribution in [0.25, 0.3) is 0 Å². The Bertz CT molecular complexity index is 767. The van der Waals surface area contributed by atoms with Crippen molar-refractivity contribution in [1.82, 2.24) is 0 Å². The Kier molecular flexibility index (Phi) is 4.37. The van der Waals surface area contributed by atoms with Crippen LogP contribution in [-0.4, -0.2) is 5.71 Å². The highest BCUT2D eigenvalue weighted by atomic mass is 32.1. The predicted octanol–water partition coefficient (Wildman–Crippen LogP) is 4.49. The van der Waals surface area contributed by atoms with Crippen LogP contribution >= 0.6 is 18.6 Å². The molecular formula is C18H16NOPS. The zero-order chi connectivity index (χ0) is 15.4. The fourth-order valence-electron chi connectivity index (χ4n) is 2.27. The molecule has 0 aliphatic heterocycles. The smallest absolute Gasteiger partial charge is 0.247 e. The molecule has 0 atom stereocenters. The van der Waals surface area contributed by atoms with Crippen LogP contribution in [0.1, 0.15) is 11.8 Å². The zero-order valence-electron chi connectivity index (χ0n) is 12.2. The molecule has 3 rings (SSSR count). The van der Waals surface area contributed by atoms with Gasteiger partial charge in [0, 0.05) is 15.5 Å². The van der Waals surface area contributed by atoms with Crippen LogP contribution in [0.4, 0.5) is 0 Å². The minimum Gasteiger partial charge on any atom is -0.288 e. The van der Waals surface area contributed by atoms with Gasteiger partial charge in [-0.2, -0.15) is 0 Å². The van der Waals surface area contributed by atoms with E-state index in [1.807, 2.05) is 85.1 Å². The summed E-state index contributed by atoms with van der Waals surface area (Å²) in [6.07, 6.45) is 0. The van der Waals surface area contributed by atoms with Crippen molar-refractivity contribution < 1.29 is 4.57 Å². The first-order chi connectivity index (χ1) is 10.7. The van der Waals surface area contributed by atoms with Crippen LogP contribution in [0.3, 0.4) is 0 Å². The van der Waals surface area contributed by atoms with Crippen LogP contribution < -0.4 is 10.6 Å². The van der Waals surface area contributed by atoms with Crippen LogP contribution in [0.5, 0.6) is 0 Å². The third-order valence-electron chi connectivity index (χ3n) is 3.38. The molecule has 0 amide bonds. The second-order valence-electron chi connectivity index (χ2n) is 4.91. The highest BCUT2D eigenvalue weighted by Crippen LogP contribution is 2.45. The fraction of sp³-hybridized carbons (Fsp3) is 0.0556. The van der Waals surface area contributed by atoms with Crippen molar-refractivity contribution in [1.29, 1.82) is 0 Å². The number of thiophene rings is 1. The van der Waals surface area contributed by atoms with Crippen LogP contribution in [0.2, 0.25) is 0 Å². The molecule has 0 aliphatic rings. The van der Waals surface area contributed by atoms with Crippen molar-refractivity contribution in [3.05, 3.63) is 83.1 Å². The maximum atomic E-state index is 13.7. The molecule has 2 nitrogen and oxygen atoms in total. The Labute approximate surface area is 134 Å². The maximum Gasteiger partial charge on any atom is 0.247 e. The van der Waals surface area contributed by atoms with Crippen LogP contribution in [-0.2, 0) is 4.57 Å². The fourth-order valence-corrected chi connectivity index (χ4v) is 5.23. The van der Waals surface area contributed by atoms with Gasteiger partial charge >= 0.3 is 0 Å². The number of hydrogen-bond acceptors (Lipinski definition) is 2. The second kappa shape index (κ2) is 6.43. The number of hydrogen-bond donors (Lipinski definition) is 0. The SMILES string of the molecule is C/C(=N/P(=O)(c1ccccc1)c1ccccc1)c1cccs1. The number of rotatable bonds is 4. The zero-order valence-corrected chi connectivity index (χ0v) is 13.9. The Hall–Kier alpha value is -1.96. The number of nitrogens with zero attached hydrogens (tertiary/aromatic N) is 1. The summed E-state index contributed by atoms with van der Waals surface area (Å²) in [6, 6.07) is 23.0. The van der Waals surface area contributed by atoms with Gasteiger partial charge in [-0.15, -0.1) is 11.3 Å². The molecule has 0 saturated heterocycles. The van der Waals surface area contributed by atoms with Gasteiger partial charge in [-0.1, -0.05) is 42.5 Å². The average Bonchev–Trinajstić information content (AvgIpc) is 3.11. The summed E-state index contributed by atoms with van der Waals surface area (Å²) in [5.74, 6) is 0. The van der Waals surface area contributed by atoms with E-state index >= 15 is 0 Å². The minimum absolute atomic E-state index is 0.761. The second-order valence-corrected chi connectivity index (χ2v) is 8.24. The molecule has 110 valence electrons. The molecule has 0 spiro atoms. The van der Waals surface area contributed by atoms with Gasteiger partial charge in [-0.3, -0.25) is 4.57 Å². The van der Waals surface area contributed by atoms with Gasteiger partial charge in [0.05, 0.1) is 5.71 Å². The Morgan fingerprint density at radius 2 is 1.41 bits per heavy atom. The molecule has 22 heavy (non-hydrogen) atoms. The summed E-state index contributed by atoms with van der Waals surface area (Å²) in [7, 11) is -3.03. The van der Waals surface area contributed by atoms with E-state index in [1.165, 1.54) is 0 Å². The summed E-state index contributed by atoms with van der Waals surface area (Å²) < 4.78 is 18.4. The molecule has 1 heterocycles. The van der Waals surface area contributed by atoms with Gasteiger partial charge in [-0.05, 0) is 42.6 Å². The Balaban J connectivity index is 2.17. The lowest BCUT2D eigenvalue weighted by molar-refractivity contribution is 0.588. The van der Waals surface area contributed by atoms with E-state index in [0.29, 0.717) is 0 Å². The third-order valence-corrected chi connectivity index (χ3v) is 6.94. The van der Waals surface area contributed by atoms with Crippen molar-refractivity contribution in [2.45, 2.75) is 6.92 Å². The van der Waals surface area contributed by atoms with Crippen molar-refractivity contribution >= 4 is 35.0 Å². The van der Waals surface area contributed by atoms with E-state index in [2.05, 4.69) is 4.76 Å². The minimum atomic E-state index is -3.03. The molecule has 2 aromatic carbocycles. The molecule has 3 aromatic rings. The van der Waals surface area contributed by atoms with Gasteiger partial charge in [-0.25, -0.2) is 4.76 Å². The van der Waals surface area contributed by atoms with Crippen molar-refractivity contribution in [2.75, 3.05) is 0 Å². The van der Waals surface area contributed by atoms with E-state index < -0.39 is 7.29 Å². The van der Waals surface area contributed by atoms with E-state index in [1.54, 1.807) is 11.3 Å². The number of benzene rings is 2. The third kappa shape index (κ3) is 2.96. The molecule has 4 heteroatoms. The van der Waals surface area contributed by atoms with E-state index in [9.17, 15) is 4.57 Å². The first-order valence-corrected chi connectivity index (χ1v) is 9.56. The molecule has 0 unspecified atom stereocenters. The van der Waals surface area contributed by atoms with Crippen LogP contribution in [0.15, 0.2) is 82.9 Å². The largest absolute Gasteiger partial charge is 0.288 e. The van der Waals surface area contributed by atoms with Gasteiger partial charge in [0.15, 0.2) is 0 Å². The maximum absolute atomic E-state index is 13.7. The molecular weight excluding hydrogens is 309 g/mol. The van der Waals surface area contributed by atoms with Gasteiger partial charge in [0.2, 0.25) is 7.29 Å². The Morgan fingerprint density at radius 3 is 1.86 bits per heavy atom. The molecule has 0 saturated carbocycles. The van der Waals surface area contributed by atoms with Crippen molar-refractivity contribution in [3.8, 4) is 0 Å². The lowest BCUT2D eigenvalue weighted by atomic mass is 10.3. The highest BCUT2D eigenvalue weighted by Gasteiger charge is 2.26. The first-order valence-electron chi connectivity index (χ1n) is 7.02. The summed E-state index contributed by atoms with van der Waals surface area (Å²) in [4.78, 5) is 1.05. The lowest BCUT2D eigenvalue weighted by Crippen LogP contribution is -2.15. The summed E-state index contributed by atoms with van der Waals surface area (Å²) in [5.41, 5.74) is 0.811. The van der Waals surface area contributed by atoms with Crippen LogP contribution in [0, 0.1) is 0 Å². The van der Waals surface area contributed by atoms with Gasteiger partial charge in [0.1, 0.15) is 0 Å². The highest BCUT2D eigenvalue weighted by molar-refractivity contribution is 7.77. The molecule has 1 aromatic heterocycles. The summed E-state index contributed by atoms with van der Waals surface area (Å²) in [5, 5.41) is 3.53. The normalized spacial score (nSPS) is 12.3. The summed E-state index contributed by atoms with van der Waals surface area (Å²) >= 11 is 1.61. The van der Waals surface area contributed by atoms with E-state index in [-0.39, 0.29) is 0 Å². The quantitative estimate of drug-likeness (QED) is 0.513. The van der Waals surface area contributed by atoms with Crippen molar-refractivity contribution in [2.24, 2.45) is 4.76 Å². The Morgan fingerprint density at radius 1 is 0.864 bits per heavy atom. The van der Waals surface area contributed by atoms with Gasteiger partial charge in [0.25, 0.3) is 0 Å². The standard InChI is InChI=1S/C18H16NOPS/c1-15(18-13-8-14-22-18)19-21(20,16-9-4-2-5-10-16)17-11-6-3-7-12-17/h2-14H,1H3/b19-15-. The topological polar surface area (TPSA) is 29.4 Å². The van der Waals surface area contributed by atoms with E-state index in [0.717, 1.165) is 21.2 Å². The summed E-state index contributed by atoms with van der Waals surface area (Å²) in [6.45, 7) is 1.92. The first kappa shape index (κ1) is 15.0. The molecule has 0 radical (unpaired) electrons. The van der Waals surface area contributed by atoms with Crippen molar-refractivity contribution in [3.63, 3.8) is 0 Å². The molecule has 0 N–H and O–H groups in total. The average molecular weight is 325 g/mol.